The molecule has 1 amide bonds. The number of rotatable bonds is 8. The molecule has 0 aromatic rings. The standard InChI is InChI=1S/C11H16N2O5S2/c1-7(2)10(16)18-4-3-17-9(15)6-20-5-8(14)13-11(12)19/h1,3-6H2,2H3,(H3,12,13,14,19). The summed E-state index contributed by atoms with van der Waals surface area (Å²) in [5.41, 5.74) is 5.38. The zero-order valence-electron chi connectivity index (χ0n) is 11.0. The maximum atomic E-state index is 11.2. The molecule has 0 bridgehead atoms. The van der Waals surface area contributed by atoms with Gasteiger partial charge < -0.3 is 20.5 Å². The number of nitrogens with two attached hydrogens (primary N) is 1. The monoisotopic (exact) mass is 320 g/mol. The van der Waals surface area contributed by atoms with Crippen LogP contribution in [0, 0.1) is 0 Å². The minimum absolute atomic E-state index is 0.000808. The van der Waals surface area contributed by atoms with Crippen LogP contribution in [0.3, 0.4) is 0 Å². The van der Waals surface area contributed by atoms with E-state index >= 15 is 0 Å². The molecular formula is C11H16N2O5S2. The molecule has 112 valence electrons. The topological polar surface area (TPSA) is 108 Å². The second-order valence-corrected chi connectivity index (χ2v) is 4.97. The van der Waals surface area contributed by atoms with Crippen LogP contribution in [0.5, 0.6) is 0 Å². The molecule has 0 aliphatic rings. The van der Waals surface area contributed by atoms with Crippen LogP contribution in [0.4, 0.5) is 0 Å². The van der Waals surface area contributed by atoms with Gasteiger partial charge in [0.1, 0.15) is 13.2 Å². The van der Waals surface area contributed by atoms with Crippen molar-refractivity contribution < 1.29 is 23.9 Å². The molecule has 0 rings (SSSR count). The molecule has 0 aliphatic carbocycles. The maximum Gasteiger partial charge on any atom is 0.333 e. The Morgan fingerprint density at radius 3 is 2.40 bits per heavy atom. The van der Waals surface area contributed by atoms with Gasteiger partial charge in [0, 0.05) is 5.57 Å². The van der Waals surface area contributed by atoms with E-state index in [9.17, 15) is 14.4 Å². The highest BCUT2D eigenvalue weighted by Crippen LogP contribution is 2.00. The highest BCUT2D eigenvalue weighted by Gasteiger charge is 2.08. The van der Waals surface area contributed by atoms with Crippen molar-refractivity contribution in [2.24, 2.45) is 5.73 Å². The lowest BCUT2D eigenvalue weighted by molar-refractivity contribution is -0.148. The number of thioether (sulfide) groups is 1. The van der Waals surface area contributed by atoms with Gasteiger partial charge >= 0.3 is 11.9 Å². The molecule has 0 unspecified atom stereocenters. The molecule has 20 heavy (non-hydrogen) atoms. The Kier molecular flexibility index (Phi) is 9.39. The summed E-state index contributed by atoms with van der Waals surface area (Å²) in [5.74, 6) is -1.39. The number of hydrogen-bond donors (Lipinski definition) is 2. The third kappa shape index (κ3) is 10.3. The first kappa shape index (κ1) is 18.4. The molecule has 0 radical (unpaired) electrons. The lowest BCUT2D eigenvalue weighted by atomic mass is 10.4. The van der Waals surface area contributed by atoms with Gasteiger partial charge in [-0.25, -0.2) is 4.79 Å². The molecule has 0 saturated carbocycles. The molecule has 0 atom stereocenters. The van der Waals surface area contributed by atoms with Gasteiger partial charge in [0.2, 0.25) is 5.91 Å². The molecule has 0 aromatic heterocycles. The Hall–Kier alpha value is -1.61. The molecule has 7 nitrogen and oxygen atoms in total. The number of nitrogens with one attached hydrogen (secondary N) is 1. The van der Waals surface area contributed by atoms with Crippen molar-refractivity contribution in [2.75, 3.05) is 24.7 Å². The van der Waals surface area contributed by atoms with Crippen molar-refractivity contribution in [3.63, 3.8) is 0 Å². The first-order chi connectivity index (χ1) is 9.32. The Balaban J connectivity index is 3.60. The number of carbonyl (C=O) groups is 3. The van der Waals surface area contributed by atoms with Crippen LogP contribution in [-0.4, -0.2) is 47.7 Å². The minimum atomic E-state index is -0.537. The summed E-state index contributed by atoms with van der Waals surface area (Å²) in [6, 6.07) is 0. The summed E-state index contributed by atoms with van der Waals surface area (Å²) >= 11 is 5.54. The number of hydrogen-bond acceptors (Lipinski definition) is 7. The van der Waals surface area contributed by atoms with Crippen LogP contribution < -0.4 is 11.1 Å². The number of carbonyl (C=O) groups excluding carboxylic acids is 3. The van der Waals surface area contributed by atoms with Crippen LogP contribution in [0.15, 0.2) is 12.2 Å². The fourth-order valence-corrected chi connectivity index (χ4v) is 1.58. The zero-order chi connectivity index (χ0) is 15.5. The molecule has 0 saturated heterocycles. The van der Waals surface area contributed by atoms with Gasteiger partial charge in [-0.15, -0.1) is 11.8 Å². The normalized spacial score (nSPS) is 9.45. The fourth-order valence-electron chi connectivity index (χ4n) is 0.855. The summed E-state index contributed by atoms with van der Waals surface area (Å²) in [6.07, 6.45) is 0. The fraction of sp³-hybridized carbons (Fsp3) is 0.455. The van der Waals surface area contributed by atoms with Gasteiger partial charge in [-0.3, -0.25) is 9.59 Å². The van der Waals surface area contributed by atoms with E-state index in [-0.39, 0.29) is 41.3 Å². The van der Waals surface area contributed by atoms with Crippen molar-refractivity contribution in [3.05, 3.63) is 12.2 Å². The van der Waals surface area contributed by atoms with Gasteiger partial charge in [-0.1, -0.05) is 6.58 Å². The SMILES string of the molecule is C=C(C)C(=O)OCCOC(=O)CSCC(=O)NC(N)=S. The van der Waals surface area contributed by atoms with Crippen molar-refractivity contribution in [1.29, 1.82) is 0 Å². The highest BCUT2D eigenvalue weighted by molar-refractivity contribution is 8.00. The molecule has 0 fully saturated rings. The number of thiocarbonyl (C=S) groups is 1. The lowest BCUT2D eigenvalue weighted by Crippen LogP contribution is -2.36. The summed E-state index contributed by atoms with van der Waals surface area (Å²) in [4.78, 5) is 33.3. The quantitative estimate of drug-likeness (QED) is 0.273. The van der Waals surface area contributed by atoms with E-state index in [1.165, 1.54) is 6.92 Å². The molecule has 3 N–H and O–H groups in total. The van der Waals surface area contributed by atoms with E-state index in [2.05, 4.69) is 24.1 Å². The van der Waals surface area contributed by atoms with E-state index in [4.69, 9.17) is 15.2 Å². The predicted octanol–water partition coefficient (Wildman–Crippen LogP) is -0.258. The Labute approximate surface area is 126 Å². The van der Waals surface area contributed by atoms with Gasteiger partial charge in [-0.2, -0.15) is 0 Å². The van der Waals surface area contributed by atoms with Crippen molar-refractivity contribution >= 4 is 46.9 Å². The number of amides is 1. The summed E-state index contributed by atoms with van der Waals surface area (Å²) < 4.78 is 9.51. The summed E-state index contributed by atoms with van der Waals surface area (Å²) in [5, 5.41) is 2.11. The summed E-state index contributed by atoms with van der Waals surface area (Å²) in [7, 11) is 0. The Morgan fingerprint density at radius 1 is 1.25 bits per heavy atom. The maximum absolute atomic E-state index is 11.2. The average molecular weight is 320 g/mol. The summed E-state index contributed by atoms with van der Waals surface area (Å²) in [6.45, 7) is 4.84. The van der Waals surface area contributed by atoms with Gasteiger partial charge in [-0.05, 0) is 19.1 Å². The van der Waals surface area contributed by atoms with E-state index in [0.29, 0.717) is 0 Å². The van der Waals surface area contributed by atoms with Crippen molar-refractivity contribution in [2.45, 2.75) is 6.92 Å². The second kappa shape index (κ2) is 10.2. The van der Waals surface area contributed by atoms with Crippen LogP contribution in [0.25, 0.3) is 0 Å². The highest BCUT2D eigenvalue weighted by atomic mass is 32.2. The third-order valence-electron chi connectivity index (χ3n) is 1.64. The van der Waals surface area contributed by atoms with Gasteiger partial charge in [0.15, 0.2) is 5.11 Å². The number of esters is 2. The average Bonchev–Trinajstić information content (AvgIpc) is 2.33. The predicted molar refractivity (Wildman–Crippen MR) is 79.0 cm³/mol. The first-order valence-electron chi connectivity index (χ1n) is 5.48. The molecule has 0 spiro atoms. The van der Waals surface area contributed by atoms with E-state index in [1.807, 2.05) is 0 Å². The zero-order valence-corrected chi connectivity index (χ0v) is 12.6. The van der Waals surface area contributed by atoms with Gasteiger partial charge in [0.05, 0.1) is 11.5 Å². The molecule has 0 aromatic carbocycles. The van der Waals surface area contributed by atoms with Crippen LogP contribution in [-0.2, 0) is 23.9 Å². The van der Waals surface area contributed by atoms with Crippen LogP contribution in [0.1, 0.15) is 6.92 Å². The molecule has 0 heterocycles. The van der Waals surface area contributed by atoms with Gasteiger partial charge in [0.25, 0.3) is 0 Å². The molecule has 0 aliphatic heterocycles. The smallest absolute Gasteiger partial charge is 0.333 e. The van der Waals surface area contributed by atoms with E-state index < -0.39 is 11.9 Å². The largest absolute Gasteiger partial charge is 0.461 e. The van der Waals surface area contributed by atoms with E-state index in [1.54, 1.807) is 0 Å². The Morgan fingerprint density at radius 2 is 1.85 bits per heavy atom. The van der Waals surface area contributed by atoms with Crippen LogP contribution >= 0.6 is 24.0 Å². The number of ether oxygens (including phenoxy) is 2. The third-order valence-corrected chi connectivity index (χ3v) is 2.65. The molecular weight excluding hydrogens is 304 g/mol. The lowest BCUT2D eigenvalue weighted by Gasteiger charge is -2.06. The van der Waals surface area contributed by atoms with Crippen molar-refractivity contribution in [1.82, 2.24) is 5.32 Å². The second-order valence-electron chi connectivity index (χ2n) is 3.54. The molecule has 9 heteroatoms. The first-order valence-corrected chi connectivity index (χ1v) is 7.04. The Bertz CT molecular complexity index is 412. The van der Waals surface area contributed by atoms with Crippen LogP contribution in [0.2, 0.25) is 0 Å². The van der Waals surface area contributed by atoms with Crippen molar-refractivity contribution in [3.8, 4) is 0 Å². The van der Waals surface area contributed by atoms with E-state index in [0.717, 1.165) is 11.8 Å². The minimum Gasteiger partial charge on any atom is -0.461 e.